The van der Waals surface area contributed by atoms with Crippen LogP contribution in [0.1, 0.15) is 0 Å². The highest BCUT2D eigenvalue weighted by atomic mass is 16.6. The van der Waals surface area contributed by atoms with E-state index in [0.717, 1.165) is 0 Å². The molecule has 52 heavy (non-hydrogen) atoms. The van der Waals surface area contributed by atoms with Crippen molar-refractivity contribution in [2.24, 2.45) is 0 Å². The number of aliphatic hydroxyl groups excluding tert-OH is 1. The average Bonchev–Trinajstić information content (AvgIpc) is 3.16. The average molecular weight is 761 g/mol. The molecule has 0 aromatic heterocycles. The van der Waals surface area contributed by atoms with Crippen LogP contribution in [-0.4, -0.2) is 223 Å². The van der Waals surface area contributed by atoms with E-state index in [1.165, 1.54) is 0 Å². The molecule has 17 heteroatoms. The van der Waals surface area contributed by atoms with E-state index in [0.29, 0.717) is 211 Å². The van der Waals surface area contributed by atoms with Gasteiger partial charge in [0.25, 0.3) is 0 Å². The summed E-state index contributed by atoms with van der Waals surface area (Å²) >= 11 is 0. The summed E-state index contributed by atoms with van der Waals surface area (Å²) < 4.78 is 86.4. The molecule has 0 amide bonds. The Morgan fingerprint density at radius 2 is 0.365 bits per heavy atom. The van der Waals surface area contributed by atoms with Crippen LogP contribution in [0, 0.1) is 12.3 Å². The predicted octanol–water partition coefficient (Wildman–Crippen LogP) is -0.122. The minimum atomic E-state index is 0.0216. The first-order chi connectivity index (χ1) is 25.9. The van der Waals surface area contributed by atoms with Crippen molar-refractivity contribution in [3.63, 3.8) is 0 Å². The van der Waals surface area contributed by atoms with E-state index in [2.05, 4.69) is 5.92 Å². The Balaban J connectivity index is 3.05. The van der Waals surface area contributed by atoms with E-state index < -0.39 is 0 Å². The molecule has 0 atom stereocenters. The second-order valence-corrected chi connectivity index (χ2v) is 10.2. The Hall–Kier alpha value is -1.12. The lowest BCUT2D eigenvalue weighted by Gasteiger charge is -2.09. The summed E-state index contributed by atoms with van der Waals surface area (Å²) in [5.41, 5.74) is 0. The SMILES string of the molecule is C#CCOCCOCCOCCOCCOCCOCCOCCOCCOCCOCCOCCOCCOCCOCCOCCOCCO. The number of hydrogen-bond acceptors (Lipinski definition) is 17. The maximum absolute atomic E-state index is 8.58. The van der Waals surface area contributed by atoms with Gasteiger partial charge in [0, 0.05) is 0 Å². The summed E-state index contributed by atoms with van der Waals surface area (Å²) in [5.74, 6) is 2.40. The van der Waals surface area contributed by atoms with E-state index in [-0.39, 0.29) is 6.61 Å². The molecule has 0 aromatic carbocycles. The normalized spacial score (nSPS) is 11.5. The molecule has 0 aromatic rings. The molecule has 0 spiro atoms. The van der Waals surface area contributed by atoms with Crippen molar-refractivity contribution >= 4 is 0 Å². The summed E-state index contributed by atoms with van der Waals surface area (Å²) in [6, 6.07) is 0. The fourth-order valence-corrected chi connectivity index (χ4v) is 3.49. The quantitative estimate of drug-likeness (QED) is 0.0643. The highest BCUT2D eigenvalue weighted by Gasteiger charge is 1.97. The maximum Gasteiger partial charge on any atom is 0.107 e. The molecule has 1 N–H and O–H groups in total. The molecule has 17 nitrogen and oxygen atoms in total. The van der Waals surface area contributed by atoms with Gasteiger partial charge in [-0.3, -0.25) is 0 Å². The van der Waals surface area contributed by atoms with E-state index in [1.807, 2.05) is 0 Å². The fraction of sp³-hybridized carbons (Fsp3) is 0.943. The van der Waals surface area contributed by atoms with Crippen molar-refractivity contribution in [1.82, 2.24) is 0 Å². The minimum absolute atomic E-state index is 0.0216. The van der Waals surface area contributed by atoms with Crippen LogP contribution in [-0.2, 0) is 75.8 Å². The van der Waals surface area contributed by atoms with Crippen LogP contribution in [0.3, 0.4) is 0 Å². The van der Waals surface area contributed by atoms with Gasteiger partial charge in [0.05, 0.1) is 211 Å². The minimum Gasteiger partial charge on any atom is -0.394 e. The number of ether oxygens (including phenoxy) is 16. The molecule has 0 saturated heterocycles. The van der Waals surface area contributed by atoms with Crippen molar-refractivity contribution in [1.29, 1.82) is 0 Å². The van der Waals surface area contributed by atoms with E-state index in [9.17, 15) is 0 Å². The van der Waals surface area contributed by atoms with Crippen molar-refractivity contribution in [2.45, 2.75) is 0 Å². The molecule has 0 radical (unpaired) electrons. The lowest BCUT2D eigenvalue weighted by atomic mass is 10.6. The summed E-state index contributed by atoms with van der Waals surface area (Å²) in [6.45, 7) is 15.6. The van der Waals surface area contributed by atoms with Crippen LogP contribution < -0.4 is 0 Å². The molecular formula is C35H68O17. The first-order valence-corrected chi connectivity index (χ1v) is 18.2. The zero-order valence-electron chi connectivity index (χ0n) is 31.4. The number of hydrogen-bond donors (Lipinski definition) is 1. The number of terminal acetylenes is 1. The Kier molecular flexibility index (Phi) is 48.8. The summed E-state index contributed by atoms with van der Waals surface area (Å²) in [7, 11) is 0. The fourth-order valence-electron chi connectivity index (χ4n) is 3.49. The monoisotopic (exact) mass is 760 g/mol. The van der Waals surface area contributed by atoms with E-state index >= 15 is 0 Å². The molecule has 0 fully saturated rings. The van der Waals surface area contributed by atoms with Gasteiger partial charge in [-0.05, 0) is 0 Å². The van der Waals surface area contributed by atoms with Gasteiger partial charge in [-0.25, -0.2) is 0 Å². The maximum atomic E-state index is 8.58. The molecule has 0 aliphatic heterocycles. The van der Waals surface area contributed by atoms with Gasteiger partial charge in [-0.15, -0.1) is 6.42 Å². The lowest BCUT2D eigenvalue weighted by Crippen LogP contribution is -2.16. The zero-order valence-corrected chi connectivity index (χ0v) is 31.4. The predicted molar refractivity (Wildman–Crippen MR) is 189 cm³/mol. The third-order valence-electron chi connectivity index (χ3n) is 6.00. The van der Waals surface area contributed by atoms with Gasteiger partial charge in [0.1, 0.15) is 6.61 Å². The van der Waals surface area contributed by atoms with Crippen molar-refractivity contribution in [3.05, 3.63) is 0 Å². The molecular weight excluding hydrogens is 692 g/mol. The highest BCUT2D eigenvalue weighted by molar-refractivity contribution is 4.82. The third kappa shape index (κ3) is 48.9. The first-order valence-electron chi connectivity index (χ1n) is 18.2. The van der Waals surface area contributed by atoms with E-state index in [1.54, 1.807) is 0 Å². The summed E-state index contributed by atoms with van der Waals surface area (Å²) in [5, 5.41) is 8.58. The Morgan fingerprint density at radius 3 is 0.500 bits per heavy atom. The second kappa shape index (κ2) is 49.9. The third-order valence-corrected chi connectivity index (χ3v) is 6.00. The van der Waals surface area contributed by atoms with Crippen molar-refractivity contribution in [2.75, 3.05) is 218 Å². The smallest absolute Gasteiger partial charge is 0.107 e. The Morgan fingerprint density at radius 1 is 0.231 bits per heavy atom. The van der Waals surface area contributed by atoms with Gasteiger partial charge in [-0.1, -0.05) is 5.92 Å². The van der Waals surface area contributed by atoms with Crippen LogP contribution >= 0.6 is 0 Å². The molecule has 0 saturated carbocycles. The molecule has 0 heterocycles. The summed E-state index contributed by atoms with van der Waals surface area (Å²) in [6.07, 6.45) is 5.08. The Bertz CT molecular complexity index is 674. The standard InChI is InChI=1S/C35H68O17/c1-2-4-37-6-8-39-10-12-41-14-16-43-18-20-45-22-24-47-26-28-49-30-32-51-34-35-52-33-31-50-29-27-48-25-23-46-21-19-44-17-15-42-13-11-40-9-7-38-5-3-36/h1,36H,3-35H2. The van der Waals surface area contributed by atoms with Crippen LogP contribution in [0.5, 0.6) is 0 Å². The number of aliphatic hydroxyl groups is 1. The van der Waals surface area contributed by atoms with Crippen LogP contribution in [0.25, 0.3) is 0 Å². The molecule has 0 aliphatic rings. The molecule has 0 bridgehead atoms. The van der Waals surface area contributed by atoms with Gasteiger partial charge in [0.2, 0.25) is 0 Å². The van der Waals surface area contributed by atoms with Gasteiger partial charge in [0.15, 0.2) is 0 Å². The molecule has 0 aliphatic carbocycles. The van der Waals surface area contributed by atoms with Gasteiger partial charge < -0.3 is 80.9 Å². The van der Waals surface area contributed by atoms with E-state index in [4.69, 9.17) is 87.3 Å². The lowest BCUT2D eigenvalue weighted by molar-refractivity contribution is -0.0304. The topological polar surface area (TPSA) is 168 Å². The highest BCUT2D eigenvalue weighted by Crippen LogP contribution is 1.88. The number of rotatable bonds is 48. The van der Waals surface area contributed by atoms with Crippen LogP contribution in [0.2, 0.25) is 0 Å². The largest absolute Gasteiger partial charge is 0.394 e. The van der Waals surface area contributed by atoms with Crippen LogP contribution in [0.15, 0.2) is 0 Å². The zero-order chi connectivity index (χ0) is 37.4. The van der Waals surface area contributed by atoms with Gasteiger partial charge >= 0.3 is 0 Å². The summed E-state index contributed by atoms with van der Waals surface area (Å²) in [4.78, 5) is 0. The van der Waals surface area contributed by atoms with Crippen LogP contribution in [0.4, 0.5) is 0 Å². The van der Waals surface area contributed by atoms with Crippen molar-refractivity contribution < 1.29 is 80.9 Å². The molecule has 310 valence electrons. The first kappa shape index (κ1) is 50.9. The second-order valence-electron chi connectivity index (χ2n) is 10.2. The van der Waals surface area contributed by atoms with Gasteiger partial charge in [-0.2, -0.15) is 0 Å². The van der Waals surface area contributed by atoms with Crippen molar-refractivity contribution in [3.8, 4) is 12.3 Å². The molecule has 0 unspecified atom stereocenters. The molecule has 0 rings (SSSR count). The Labute approximate surface area is 311 Å².